The second-order valence-corrected chi connectivity index (χ2v) is 8.99. The van der Waals surface area contributed by atoms with E-state index in [9.17, 15) is 4.79 Å². The molecule has 1 N–H and O–H groups in total. The molecule has 2 aromatic rings. The maximum Gasteiger partial charge on any atom is 0.252 e. The highest BCUT2D eigenvalue weighted by Crippen LogP contribution is 2.28. The zero-order valence-electron chi connectivity index (χ0n) is 18.8. The van der Waals surface area contributed by atoms with Crippen molar-refractivity contribution < 1.29 is 0 Å². The Hall–Kier alpha value is -2.15. The zero-order chi connectivity index (χ0) is 21.1. The van der Waals surface area contributed by atoms with E-state index in [4.69, 9.17) is 10.1 Å². The van der Waals surface area contributed by atoms with Gasteiger partial charge in [0.15, 0.2) is 0 Å². The number of hydrogen-bond acceptors (Lipinski definition) is 5. The third-order valence-electron chi connectivity index (χ3n) is 6.68. The molecule has 0 radical (unpaired) electrons. The van der Waals surface area contributed by atoms with Crippen LogP contribution in [-0.4, -0.2) is 50.8 Å². The van der Waals surface area contributed by atoms with Crippen LogP contribution in [0.15, 0.2) is 10.9 Å². The number of H-pyrrole nitrogens is 1. The topological polar surface area (TPSA) is 70.1 Å². The van der Waals surface area contributed by atoms with E-state index in [1.165, 1.54) is 30.5 Å². The van der Waals surface area contributed by atoms with Crippen LogP contribution in [0.5, 0.6) is 0 Å². The van der Waals surface area contributed by atoms with Crippen molar-refractivity contribution >= 4 is 5.95 Å². The van der Waals surface area contributed by atoms with Gasteiger partial charge < -0.3 is 4.90 Å². The number of aryl methyl sites for hydroxylation is 2. The molecular formula is C23H36N6O. The molecule has 7 heteroatoms. The van der Waals surface area contributed by atoms with E-state index in [-0.39, 0.29) is 5.56 Å². The molecular weight excluding hydrogens is 376 g/mol. The molecule has 0 amide bonds. The Morgan fingerprint density at radius 3 is 2.70 bits per heavy atom. The van der Waals surface area contributed by atoms with Crippen molar-refractivity contribution in [3.63, 3.8) is 0 Å². The second kappa shape index (κ2) is 9.33. The number of rotatable bonds is 6. The summed E-state index contributed by atoms with van der Waals surface area (Å²) >= 11 is 0. The molecule has 2 aliphatic rings. The van der Waals surface area contributed by atoms with Crippen LogP contribution >= 0.6 is 0 Å². The lowest BCUT2D eigenvalue weighted by Gasteiger charge is -2.33. The minimum Gasteiger partial charge on any atom is -0.342 e. The van der Waals surface area contributed by atoms with Crippen LogP contribution in [0.1, 0.15) is 74.0 Å². The van der Waals surface area contributed by atoms with E-state index in [1.807, 2.05) is 0 Å². The average Bonchev–Trinajstić information content (AvgIpc) is 3.02. The van der Waals surface area contributed by atoms with Crippen LogP contribution in [0.4, 0.5) is 5.95 Å². The lowest BCUT2D eigenvalue weighted by molar-refractivity contribution is 0.197. The largest absolute Gasteiger partial charge is 0.342 e. The first-order valence-electron chi connectivity index (χ1n) is 11.7. The van der Waals surface area contributed by atoms with Crippen LogP contribution in [0.2, 0.25) is 0 Å². The number of anilines is 1. The Morgan fingerprint density at radius 2 is 1.93 bits per heavy atom. The average molecular weight is 413 g/mol. The van der Waals surface area contributed by atoms with Crippen molar-refractivity contribution in [3.05, 3.63) is 39.1 Å². The molecule has 30 heavy (non-hydrogen) atoms. The monoisotopic (exact) mass is 412 g/mol. The van der Waals surface area contributed by atoms with Crippen molar-refractivity contribution in [1.29, 1.82) is 0 Å². The van der Waals surface area contributed by atoms with E-state index in [1.54, 1.807) is 6.07 Å². The normalized spacial score (nSPS) is 20.6. The molecule has 2 saturated heterocycles. The van der Waals surface area contributed by atoms with Gasteiger partial charge in [-0.05, 0) is 58.9 Å². The fraction of sp³-hybridized carbons (Fsp3) is 0.696. The van der Waals surface area contributed by atoms with Gasteiger partial charge in [0.1, 0.15) is 0 Å². The molecule has 7 nitrogen and oxygen atoms in total. The smallest absolute Gasteiger partial charge is 0.252 e. The number of likely N-dealkylation sites (tertiary alicyclic amines) is 1. The molecule has 4 rings (SSSR count). The highest BCUT2D eigenvalue weighted by atomic mass is 16.1. The molecule has 2 aromatic heterocycles. The Kier molecular flexibility index (Phi) is 6.56. The summed E-state index contributed by atoms with van der Waals surface area (Å²) in [5.74, 6) is 1.08. The summed E-state index contributed by atoms with van der Waals surface area (Å²) in [6, 6.07) is 1.72. The molecule has 2 fully saturated rings. The number of hydrogen-bond donors (Lipinski definition) is 1. The summed E-state index contributed by atoms with van der Waals surface area (Å²) in [6.45, 7) is 12.4. The summed E-state index contributed by atoms with van der Waals surface area (Å²) in [4.78, 5) is 25.0. The van der Waals surface area contributed by atoms with Crippen molar-refractivity contribution in [2.45, 2.75) is 78.3 Å². The maximum atomic E-state index is 12.4. The highest BCUT2D eigenvalue weighted by Gasteiger charge is 2.25. The van der Waals surface area contributed by atoms with Gasteiger partial charge in [-0.3, -0.25) is 19.4 Å². The van der Waals surface area contributed by atoms with Gasteiger partial charge in [0.05, 0.1) is 11.4 Å². The molecule has 0 saturated carbocycles. The number of aromatic nitrogens is 4. The molecule has 1 unspecified atom stereocenters. The Balaban J connectivity index is 1.49. The fourth-order valence-electron chi connectivity index (χ4n) is 4.98. The van der Waals surface area contributed by atoms with Gasteiger partial charge in [0.25, 0.3) is 5.56 Å². The van der Waals surface area contributed by atoms with Crippen LogP contribution in [0.25, 0.3) is 0 Å². The summed E-state index contributed by atoms with van der Waals surface area (Å²) in [5.41, 5.74) is 4.73. The number of nitrogens with zero attached hydrogens (tertiary/aromatic N) is 5. The third kappa shape index (κ3) is 4.61. The second-order valence-electron chi connectivity index (χ2n) is 8.99. The van der Waals surface area contributed by atoms with Crippen LogP contribution < -0.4 is 10.5 Å². The number of piperidine rings is 2. The van der Waals surface area contributed by atoms with Gasteiger partial charge in [-0.15, -0.1) is 0 Å². The van der Waals surface area contributed by atoms with Gasteiger partial charge in [0, 0.05) is 56.0 Å². The highest BCUT2D eigenvalue weighted by molar-refractivity contribution is 5.32. The fourth-order valence-corrected chi connectivity index (χ4v) is 4.98. The lowest BCUT2D eigenvalue weighted by atomic mass is 9.94. The van der Waals surface area contributed by atoms with E-state index in [2.05, 4.69) is 40.2 Å². The molecule has 0 aliphatic carbocycles. The minimum absolute atomic E-state index is 0.0229. The number of aromatic amines is 1. The van der Waals surface area contributed by atoms with Crippen molar-refractivity contribution in [2.24, 2.45) is 0 Å². The molecule has 164 valence electrons. The molecule has 0 bridgehead atoms. The van der Waals surface area contributed by atoms with E-state index < -0.39 is 0 Å². The maximum absolute atomic E-state index is 12.4. The van der Waals surface area contributed by atoms with Gasteiger partial charge in [-0.25, -0.2) is 4.98 Å². The van der Waals surface area contributed by atoms with Crippen molar-refractivity contribution in [1.82, 2.24) is 24.6 Å². The Labute approximate surface area is 179 Å². The zero-order valence-corrected chi connectivity index (χ0v) is 18.8. The van der Waals surface area contributed by atoms with Crippen molar-refractivity contribution in [2.75, 3.05) is 31.1 Å². The lowest BCUT2D eigenvalue weighted by Crippen LogP contribution is -2.36. The predicted octanol–water partition coefficient (Wildman–Crippen LogP) is 3.36. The minimum atomic E-state index is -0.0229. The van der Waals surface area contributed by atoms with Crippen LogP contribution in [0.3, 0.4) is 0 Å². The first kappa shape index (κ1) is 21.1. The van der Waals surface area contributed by atoms with Gasteiger partial charge >= 0.3 is 0 Å². The van der Waals surface area contributed by atoms with Crippen LogP contribution in [-0.2, 0) is 13.1 Å². The van der Waals surface area contributed by atoms with Gasteiger partial charge in [-0.2, -0.15) is 5.10 Å². The Morgan fingerprint density at radius 1 is 1.13 bits per heavy atom. The van der Waals surface area contributed by atoms with E-state index in [0.29, 0.717) is 5.92 Å². The van der Waals surface area contributed by atoms with Crippen LogP contribution in [0, 0.1) is 13.8 Å². The summed E-state index contributed by atoms with van der Waals surface area (Å²) in [5, 5.41) is 4.74. The predicted molar refractivity (Wildman–Crippen MR) is 120 cm³/mol. The Bertz CT molecular complexity index is 911. The quantitative estimate of drug-likeness (QED) is 0.788. The molecule has 0 spiro atoms. The van der Waals surface area contributed by atoms with E-state index in [0.717, 1.165) is 75.9 Å². The van der Waals surface area contributed by atoms with E-state index >= 15 is 0 Å². The number of nitrogens with one attached hydrogen (secondary N) is 1. The summed E-state index contributed by atoms with van der Waals surface area (Å²) < 4.78 is 2.15. The van der Waals surface area contributed by atoms with Gasteiger partial charge in [0.2, 0.25) is 5.95 Å². The molecule has 0 aromatic carbocycles. The van der Waals surface area contributed by atoms with Crippen molar-refractivity contribution in [3.8, 4) is 0 Å². The first-order valence-corrected chi connectivity index (χ1v) is 11.7. The first-order chi connectivity index (χ1) is 14.5. The van der Waals surface area contributed by atoms with Gasteiger partial charge in [-0.1, -0.05) is 6.92 Å². The summed E-state index contributed by atoms with van der Waals surface area (Å²) in [6.07, 6.45) is 6.95. The standard InChI is InChI=1S/C23H36N6O/c1-4-10-29-18(3)20(17(2)26-29)16-27-11-8-9-19(15-27)21-14-22(30)25-23(24-21)28-12-6-5-7-13-28/h14,19H,4-13,15-16H2,1-3H3,(H,24,25,30). The SMILES string of the molecule is CCCn1nc(C)c(CN2CCCC(c3cc(=O)[nH]c(N4CCCCC4)n3)C2)c1C. The third-order valence-corrected chi connectivity index (χ3v) is 6.68. The molecule has 4 heterocycles. The molecule has 2 aliphatic heterocycles. The summed E-state index contributed by atoms with van der Waals surface area (Å²) in [7, 11) is 0. The molecule has 1 atom stereocenters.